The average Bonchev–Trinajstić information content (AvgIpc) is 3.45. The smallest absolute Gasteiger partial charge is 0.404 e. The van der Waals surface area contributed by atoms with Gasteiger partial charge >= 0.3 is 6.09 Å². The molecule has 0 saturated carbocycles. The molecule has 2 aliphatic rings. The molecule has 0 aromatic heterocycles. The van der Waals surface area contributed by atoms with Crippen LogP contribution in [0.15, 0.2) is 84.9 Å². The average molecular weight is 560 g/mol. The Balaban J connectivity index is 1.46. The first-order valence-electron chi connectivity index (χ1n) is 14.0. The fourth-order valence-electron chi connectivity index (χ4n) is 6.66. The third-order valence-electron chi connectivity index (χ3n) is 8.43. The minimum atomic E-state index is -1.47. The van der Waals surface area contributed by atoms with Gasteiger partial charge in [0.1, 0.15) is 0 Å². The second-order valence-electron chi connectivity index (χ2n) is 11.1. The van der Waals surface area contributed by atoms with Crippen LogP contribution in [0.1, 0.15) is 34.6 Å². The highest BCUT2D eigenvalue weighted by Gasteiger charge is 2.54. The molecule has 216 valence electrons. The number of hydrogen-bond donors (Lipinski definition) is 6. The van der Waals surface area contributed by atoms with Crippen molar-refractivity contribution in [2.45, 2.75) is 61.8 Å². The molecule has 1 aliphatic heterocycles. The molecule has 6 unspecified atom stereocenters. The molecule has 0 bridgehead atoms. The highest BCUT2D eigenvalue weighted by molar-refractivity contribution is 5.94. The van der Waals surface area contributed by atoms with E-state index in [-0.39, 0.29) is 24.5 Å². The molecule has 7 N–H and O–H groups in total. The fourth-order valence-corrected chi connectivity index (χ4v) is 6.66. The first kappa shape index (κ1) is 28.9. The van der Waals surface area contributed by atoms with Gasteiger partial charge in [-0.05, 0) is 41.5 Å². The number of ketones is 1. The van der Waals surface area contributed by atoms with Crippen molar-refractivity contribution in [3.8, 4) is 0 Å². The minimum absolute atomic E-state index is 0.00835. The van der Waals surface area contributed by atoms with E-state index < -0.39 is 42.2 Å². The van der Waals surface area contributed by atoms with Crippen molar-refractivity contribution in [3.05, 3.63) is 107 Å². The summed E-state index contributed by atoms with van der Waals surface area (Å²) in [6, 6.07) is 25.9. The van der Waals surface area contributed by atoms with E-state index in [0.717, 1.165) is 22.3 Å². The largest absolute Gasteiger partial charge is 0.465 e. The SMILES string of the molecule is NC(O)OC1Cc2ccccc2[C@H]1C1CNC(Cc2ccccc2)(CC(O)C(Cc2ccccc2)NC(=O)O)C1=O. The van der Waals surface area contributed by atoms with Gasteiger partial charge in [-0.15, -0.1) is 0 Å². The van der Waals surface area contributed by atoms with E-state index in [1.807, 2.05) is 84.9 Å². The van der Waals surface area contributed by atoms with E-state index in [4.69, 9.17) is 10.5 Å². The normalized spacial score (nSPS) is 25.8. The van der Waals surface area contributed by atoms with Crippen LogP contribution in [0.25, 0.3) is 0 Å². The number of carbonyl (C=O) groups is 2. The lowest BCUT2D eigenvalue weighted by Gasteiger charge is -2.34. The highest BCUT2D eigenvalue weighted by Crippen LogP contribution is 2.45. The summed E-state index contributed by atoms with van der Waals surface area (Å²) in [6.45, 7) is 0.341. The van der Waals surface area contributed by atoms with Gasteiger partial charge in [-0.25, -0.2) is 4.79 Å². The Kier molecular flexibility index (Phi) is 8.82. The number of hydrogen-bond acceptors (Lipinski definition) is 7. The Morgan fingerprint density at radius 2 is 1.63 bits per heavy atom. The molecule has 41 heavy (non-hydrogen) atoms. The van der Waals surface area contributed by atoms with Gasteiger partial charge < -0.3 is 30.7 Å². The van der Waals surface area contributed by atoms with Crippen LogP contribution in [0.4, 0.5) is 4.79 Å². The van der Waals surface area contributed by atoms with E-state index in [1.165, 1.54) is 0 Å². The third kappa shape index (κ3) is 6.50. The molecule has 9 heteroatoms. The number of aliphatic hydroxyl groups is 2. The summed E-state index contributed by atoms with van der Waals surface area (Å²) in [7, 11) is 0. The van der Waals surface area contributed by atoms with Crippen molar-refractivity contribution in [2.75, 3.05) is 6.54 Å². The number of carboxylic acid groups (broad SMARTS) is 1. The Hall–Kier alpha value is -3.60. The van der Waals surface area contributed by atoms with Crippen LogP contribution in [0.3, 0.4) is 0 Å². The third-order valence-corrected chi connectivity index (χ3v) is 8.43. The molecule has 0 spiro atoms. The van der Waals surface area contributed by atoms with Crippen molar-refractivity contribution in [3.63, 3.8) is 0 Å². The molecule has 1 amide bonds. The topological polar surface area (TPSA) is 154 Å². The number of carbonyl (C=O) groups excluding carboxylic acids is 1. The van der Waals surface area contributed by atoms with E-state index in [9.17, 15) is 24.9 Å². The predicted molar refractivity (Wildman–Crippen MR) is 153 cm³/mol. The van der Waals surface area contributed by atoms with Gasteiger partial charge in [-0.2, -0.15) is 0 Å². The molecule has 3 aromatic rings. The number of benzene rings is 3. The van der Waals surface area contributed by atoms with Crippen LogP contribution in [-0.2, 0) is 28.8 Å². The zero-order chi connectivity index (χ0) is 29.0. The monoisotopic (exact) mass is 559 g/mol. The van der Waals surface area contributed by atoms with E-state index >= 15 is 0 Å². The van der Waals surface area contributed by atoms with Crippen LogP contribution in [-0.4, -0.2) is 63.9 Å². The van der Waals surface area contributed by atoms with Gasteiger partial charge in [0.25, 0.3) is 0 Å². The second kappa shape index (κ2) is 12.5. The number of amides is 1. The Morgan fingerprint density at radius 3 is 2.29 bits per heavy atom. The van der Waals surface area contributed by atoms with Crippen molar-refractivity contribution >= 4 is 11.9 Å². The molecule has 0 radical (unpaired) electrons. The lowest BCUT2D eigenvalue weighted by molar-refractivity contribution is -0.144. The fraction of sp³-hybridized carbons (Fsp3) is 0.375. The molecule has 3 aromatic carbocycles. The van der Waals surface area contributed by atoms with Crippen molar-refractivity contribution < 1.29 is 29.6 Å². The molecule has 1 aliphatic carbocycles. The maximum Gasteiger partial charge on any atom is 0.404 e. The molecule has 1 saturated heterocycles. The molecule has 1 fully saturated rings. The van der Waals surface area contributed by atoms with Gasteiger partial charge in [0, 0.05) is 24.8 Å². The Morgan fingerprint density at radius 1 is 1.00 bits per heavy atom. The Bertz CT molecular complexity index is 1340. The van der Waals surface area contributed by atoms with E-state index in [0.29, 0.717) is 19.4 Å². The van der Waals surface area contributed by atoms with Crippen LogP contribution in [0.2, 0.25) is 0 Å². The zero-order valence-electron chi connectivity index (χ0n) is 22.7. The number of nitrogens with one attached hydrogen (secondary N) is 2. The van der Waals surface area contributed by atoms with Gasteiger partial charge in [-0.3, -0.25) is 10.5 Å². The van der Waals surface area contributed by atoms with E-state index in [1.54, 1.807) is 0 Å². The lowest BCUT2D eigenvalue weighted by Crippen LogP contribution is -2.55. The summed E-state index contributed by atoms with van der Waals surface area (Å²) in [6.07, 6.45) is -3.23. The maximum absolute atomic E-state index is 14.5. The Labute approximate surface area is 239 Å². The first-order chi connectivity index (χ1) is 19.8. The first-order valence-corrected chi connectivity index (χ1v) is 14.0. The summed E-state index contributed by atoms with van der Waals surface area (Å²) in [4.78, 5) is 26.2. The van der Waals surface area contributed by atoms with Gasteiger partial charge in [0.15, 0.2) is 5.78 Å². The minimum Gasteiger partial charge on any atom is -0.465 e. The lowest BCUT2D eigenvalue weighted by atomic mass is 9.75. The zero-order valence-corrected chi connectivity index (χ0v) is 22.7. The number of rotatable bonds is 11. The number of Topliss-reactive ketones (excluding diaryl/α,β-unsaturated/α-hetero) is 1. The number of nitrogens with two attached hydrogens (primary N) is 1. The molecule has 5 rings (SSSR count). The molecule has 7 atom stereocenters. The second-order valence-corrected chi connectivity index (χ2v) is 11.1. The van der Waals surface area contributed by atoms with Gasteiger partial charge in [0.05, 0.1) is 23.8 Å². The van der Waals surface area contributed by atoms with Crippen LogP contribution in [0.5, 0.6) is 0 Å². The maximum atomic E-state index is 14.5. The van der Waals surface area contributed by atoms with Crippen LogP contribution >= 0.6 is 0 Å². The van der Waals surface area contributed by atoms with Crippen molar-refractivity contribution in [1.82, 2.24) is 10.6 Å². The summed E-state index contributed by atoms with van der Waals surface area (Å²) in [5.41, 5.74) is 8.28. The summed E-state index contributed by atoms with van der Waals surface area (Å²) in [5.74, 6) is -0.911. The summed E-state index contributed by atoms with van der Waals surface area (Å²) in [5, 5.41) is 36.9. The molecule has 1 heterocycles. The summed E-state index contributed by atoms with van der Waals surface area (Å²) < 4.78 is 5.71. The predicted octanol–water partition coefficient (Wildman–Crippen LogP) is 2.35. The standard InChI is InChI=1S/C32H37N3O6/c33-30(38)41-27-16-22-13-7-8-14-23(22)28(27)24-19-34-32(29(24)37,17-21-11-5-2-6-12-21)18-26(36)25(35-31(39)40)15-20-9-3-1-4-10-20/h1-14,24-28,30,34-36,38H,15-19,33H2,(H,39,40)/t24?,25?,26?,27?,28-,30?,32?/m0/s1. The summed E-state index contributed by atoms with van der Waals surface area (Å²) >= 11 is 0. The number of fused-ring (bicyclic) bond motifs is 1. The van der Waals surface area contributed by atoms with Gasteiger partial charge in [0.2, 0.25) is 6.41 Å². The van der Waals surface area contributed by atoms with Crippen molar-refractivity contribution in [1.29, 1.82) is 0 Å². The van der Waals surface area contributed by atoms with Crippen LogP contribution in [0, 0.1) is 5.92 Å². The molecule has 9 nitrogen and oxygen atoms in total. The molecular formula is C32H37N3O6. The quantitative estimate of drug-likeness (QED) is 0.196. The van der Waals surface area contributed by atoms with Crippen molar-refractivity contribution in [2.24, 2.45) is 11.7 Å². The molecular weight excluding hydrogens is 522 g/mol. The van der Waals surface area contributed by atoms with Crippen LogP contribution < -0.4 is 16.4 Å². The van der Waals surface area contributed by atoms with Gasteiger partial charge in [-0.1, -0.05) is 84.9 Å². The number of aliphatic hydroxyl groups excluding tert-OH is 2. The number of ether oxygens (including phenoxy) is 1. The highest BCUT2D eigenvalue weighted by atomic mass is 16.6. The van der Waals surface area contributed by atoms with E-state index in [2.05, 4.69) is 10.6 Å².